The predicted octanol–water partition coefficient (Wildman–Crippen LogP) is 3.94. The molecule has 2 nitrogen and oxygen atoms in total. The van der Waals surface area contributed by atoms with E-state index in [1.165, 1.54) is 0 Å². The zero-order valence-corrected chi connectivity index (χ0v) is 10.7. The van der Waals surface area contributed by atoms with E-state index in [2.05, 4.69) is 0 Å². The molecule has 0 aliphatic heterocycles. The maximum Gasteiger partial charge on any atom is 0.335 e. The molecule has 0 aliphatic carbocycles. The van der Waals surface area contributed by atoms with Crippen LogP contribution in [0.25, 0.3) is 0 Å². The lowest BCUT2D eigenvalue weighted by Crippen LogP contribution is -2.00. The molecule has 0 spiro atoms. The third kappa shape index (κ3) is 2.90. The standard InChI is InChI=1S/C15H13ClO2/c1-10-5-6-12(15(17)18)9-13(10)7-11-3-2-4-14(16)8-11/h2-6,8-9H,7H2,1H3,(H,17,18). The first-order valence-electron chi connectivity index (χ1n) is 5.63. The Morgan fingerprint density at radius 3 is 2.67 bits per heavy atom. The molecule has 18 heavy (non-hydrogen) atoms. The molecule has 3 heteroatoms. The molecule has 0 unspecified atom stereocenters. The Morgan fingerprint density at radius 2 is 2.00 bits per heavy atom. The van der Waals surface area contributed by atoms with Crippen LogP contribution in [0.2, 0.25) is 5.02 Å². The Kier molecular flexibility index (Phi) is 3.68. The minimum absolute atomic E-state index is 0.317. The second-order valence-electron chi connectivity index (χ2n) is 4.25. The number of benzene rings is 2. The quantitative estimate of drug-likeness (QED) is 0.908. The average molecular weight is 261 g/mol. The van der Waals surface area contributed by atoms with E-state index in [1.807, 2.05) is 37.3 Å². The van der Waals surface area contributed by atoms with Gasteiger partial charge in [0.2, 0.25) is 0 Å². The normalized spacial score (nSPS) is 10.3. The number of carboxylic acids is 1. The van der Waals surface area contributed by atoms with Gasteiger partial charge in [0.1, 0.15) is 0 Å². The van der Waals surface area contributed by atoms with Gasteiger partial charge in [-0.25, -0.2) is 4.79 Å². The number of aromatic carboxylic acids is 1. The van der Waals surface area contributed by atoms with Crippen molar-refractivity contribution in [2.75, 3.05) is 0 Å². The number of carbonyl (C=O) groups is 1. The summed E-state index contributed by atoms with van der Waals surface area (Å²) in [6.07, 6.45) is 0.688. The Hall–Kier alpha value is -1.80. The van der Waals surface area contributed by atoms with E-state index < -0.39 is 5.97 Å². The fraction of sp³-hybridized carbons (Fsp3) is 0.133. The summed E-state index contributed by atoms with van der Waals surface area (Å²) in [4.78, 5) is 10.9. The maximum absolute atomic E-state index is 10.9. The highest BCUT2D eigenvalue weighted by Gasteiger charge is 2.07. The minimum Gasteiger partial charge on any atom is -0.478 e. The number of rotatable bonds is 3. The van der Waals surface area contributed by atoms with Crippen molar-refractivity contribution in [3.05, 3.63) is 69.7 Å². The first-order valence-corrected chi connectivity index (χ1v) is 6.01. The summed E-state index contributed by atoms with van der Waals surface area (Å²) in [7, 11) is 0. The summed E-state index contributed by atoms with van der Waals surface area (Å²) in [6, 6.07) is 12.8. The molecule has 0 saturated carbocycles. The number of aryl methyl sites for hydroxylation is 1. The lowest BCUT2D eigenvalue weighted by Gasteiger charge is -2.07. The molecule has 0 atom stereocenters. The topological polar surface area (TPSA) is 37.3 Å². The average Bonchev–Trinajstić information content (AvgIpc) is 2.31. The van der Waals surface area contributed by atoms with Crippen LogP contribution in [-0.4, -0.2) is 11.1 Å². The first-order chi connectivity index (χ1) is 8.56. The second-order valence-corrected chi connectivity index (χ2v) is 4.69. The number of hydrogen-bond acceptors (Lipinski definition) is 1. The Bertz CT molecular complexity index is 591. The number of carboxylic acid groups (broad SMARTS) is 1. The highest BCUT2D eigenvalue weighted by Crippen LogP contribution is 2.18. The van der Waals surface area contributed by atoms with Crippen LogP contribution < -0.4 is 0 Å². The van der Waals surface area contributed by atoms with Crippen molar-refractivity contribution in [2.45, 2.75) is 13.3 Å². The fourth-order valence-electron chi connectivity index (χ4n) is 1.86. The van der Waals surface area contributed by atoms with Crippen LogP contribution in [0.4, 0.5) is 0 Å². The van der Waals surface area contributed by atoms with Crippen molar-refractivity contribution in [3.8, 4) is 0 Å². The third-order valence-electron chi connectivity index (χ3n) is 2.88. The summed E-state index contributed by atoms with van der Waals surface area (Å²) >= 11 is 5.94. The molecule has 0 aliphatic rings. The molecule has 0 aromatic heterocycles. The zero-order valence-electron chi connectivity index (χ0n) is 9.98. The Labute approximate surface area is 111 Å². The van der Waals surface area contributed by atoms with Crippen LogP contribution in [-0.2, 0) is 6.42 Å². The molecular formula is C15H13ClO2. The van der Waals surface area contributed by atoms with Crippen molar-refractivity contribution in [2.24, 2.45) is 0 Å². The third-order valence-corrected chi connectivity index (χ3v) is 3.11. The monoisotopic (exact) mass is 260 g/mol. The van der Waals surface area contributed by atoms with Gasteiger partial charge in [-0.2, -0.15) is 0 Å². The largest absolute Gasteiger partial charge is 0.478 e. The molecular weight excluding hydrogens is 248 g/mol. The van der Waals surface area contributed by atoms with Crippen molar-refractivity contribution < 1.29 is 9.90 Å². The zero-order chi connectivity index (χ0) is 13.1. The first kappa shape index (κ1) is 12.7. The van der Waals surface area contributed by atoms with E-state index in [0.717, 1.165) is 16.7 Å². The molecule has 0 heterocycles. The molecule has 2 aromatic rings. The molecule has 2 rings (SSSR count). The number of halogens is 1. The van der Waals surface area contributed by atoms with Gasteiger partial charge in [-0.15, -0.1) is 0 Å². The van der Waals surface area contributed by atoms with Gasteiger partial charge in [-0.05, 0) is 54.3 Å². The SMILES string of the molecule is Cc1ccc(C(=O)O)cc1Cc1cccc(Cl)c1. The fourth-order valence-corrected chi connectivity index (χ4v) is 2.07. The lowest BCUT2D eigenvalue weighted by molar-refractivity contribution is 0.0697. The van der Waals surface area contributed by atoms with E-state index in [9.17, 15) is 4.79 Å². The van der Waals surface area contributed by atoms with Gasteiger partial charge in [0.05, 0.1) is 5.56 Å². The Morgan fingerprint density at radius 1 is 1.22 bits per heavy atom. The smallest absolute Gasteiger partial charge is 0.335 e. The van der Waals surface area contributed by atoms with Crippen LogP contribution >= 0.6 is 11.6 Å². The summed E-state index contributed by atoms with van der Waals surface area (Å²) < 4.78 is 0. The van der Waals surface area contributed by atoms with Crippen LogP contribution in [0, 0.1) is 6.92 Å². The highest BCUT2D eigenvalue weighted by atomic mass is 35.5. The molecule has 0 amide bonds. The predicted molar refractivity (Wildman–Crippen MR) is 72.4 cm³/mol. The van der Waals surface area contributed by atoms with Gasteiger partial charge in [0.15, 0.2) is 0 Å². The van der Waals surface area contributed by atoms with Crippen molar-refractivity contribution in [3.63, 3.8) is 0 Å². The van der Waals surface area contributed by atoms with Crippen molar-refractivity contribution in [1.29, 1.82) is 0 Å². The maximum atomic E-state index is 10.9. The molecule has 2 aromatic carbocycles. The van der Waals surface area contributed by atoms with Crippen LogP contribution in [0.15, 0.2) is 42.5 Å². The highest BCUT2D eigenvalue weighted by molar-refractivity contribution is 6.30. The molecule has 0 saturated heterocycles. The van der Waals surface area contributed by atoms with Gasteiger partial charge < -0.3 is 5.11 Å². The van der Waals surface area contributed by atoms with Crippen LogP contribution in [0.5, 0.6) is 0 Å². The molecule has 92 valence electrons. The van der Waals surface area contributed by atoms with Crippen LogP contribution in [0.3, 0.4) is 0 Å². The van der Waals surface area contributed by atoms with E-state index in [1.54, 1.807) is 12.1 Å². The van der Waals surface area contributed by atoms with Gasteiger partial charge in [-0.1, -0.05) is 29.8 Å². The minimum atomic E-state index is -0.901. The molecule has 0 bridgehead atoms. The van der Waals surface area contributed by atoms with Crippen LogP contribution in [0.1, 0.15) is 27.0 Å². The lowest BCUT2D eigenvalue weighted by atomic mass is 9.98. The van der Waals surface area contributed by atoms with E-state index in [0.29, 0.717) is 17.0 Å². The molecule has 0 fully saturated rings. The van der Waals surface area contributed by atoms with E-state index in [-0.39, 0.29) is 0 Å². The summed E-state index contributed by atoms with van der Waals surface area (Å²) in [5.74, 6) is -0.901. The van der Waals surface area contributed by atoms with Gasteiger partial charge in [0.25, 0.3) is 0 Å². The molecule has 0 radical (unpaired) electrons. The van der Waals surface area contributed by atoms with Gasteiger partial charge in [0, 0.05) is 5.02 Å². The van der Waals surface area contributed by atoms with Gasteiger partial charge >= 0.3 is 5.97 Å². The second kappa shape index (κ2) is 5.23. The van der Waals surface area contributed by atoms with Crippen molar-refractivity contribution in [1.82, 2.24) is 0 Å². The summed E-state index contributed by atoms with van der Waals surface area (Å²) in [5, 5.41) is 9.68. The molecule has 1 N–H and O–H groups in total. The van der Waals surface area contributed by atoms with Gasteiger partial charge in [-0.3, -0.25) is 0 Å². The Balaban J connectivity index is 2.33. The number of hydrogen-bond donors (Lipinski definition) is 1. The van der Waals surface area contributed by atoms with Crippen molar-refractivity contribution >= 4 is 17.6 Å². The van der Waals surface area contributed by atoms with E-state index >= 15 is 0 Å². The summed E-state index contributed by atoms with van der Waals surface area (Å²) in [5.41, 5.74) is 3.49. The van der Waals surface area contributed by atoms with E-state index in [4.69, 9.17) is 16.7 Å². The summed E-state index contributed by atoms with van der Waals surface area (Å²) in [6.45, 7) is 1.98.